The van der Waals surface area contributed by atoms with Gasteiger partial charge in [0, 0.05) is 22.8 Å². The number of benzene rings is 2. The first-order chi connectivity index (χ1) is 13.4. The van der Waals surface area contributed by atoms with Gasteiger partial charge in [-0.3, -0.25) is 9.59 Å². The zero-order chi connectivity index (χ0) is 20.5. The Balaban J connectivity index is 1.80. The van der Waals surface area contributed by atoms with Crippen LogP contribution >= 0.6 is 35.0 Å². The molecule has 0 atom stereocenters. The second-order valence-corrected chi connectivity index (χ2v) is 7.38. The van der Waals surface area contributed by atoms with Gasteiger partial charge in [0.25, 0.3) is 5.91 Å². The normalized spacial score (nSPS) is 10.3. The van der Waals surface area contributed by atoms with Crippen LogP contribution in [0.25, 0.3) is 0 Å². The molecule has 0 saturated heterocycles. The van der Waals surface area contributed by atoms with E-state index >= 15 is 0 Å². The maximum absolute atomic E-state index is 12.1. The van der Waals surface area contributed by atoms with Crippen molar-refractivity contribution in [2.75, 3.05) is 31.9 Å². The van der Waals surface area contributed by atoms with Gasteiger partial charge >= 0.3 is 5.97 Å². The van der Waals surface area contributed by atoms with Crippen molar-refractivity contribution >= 4 is 52.5 Å². The van der Waals surface area contributed by atoms with Gasteiger partial charge in [0.1, 0.15) is 11.5 Å². The number of methoxy groups -OCH3 is 2. The Morgan fingerprint density at radius 3 is 2.43 bits per heavy atom. The van der Waals surface area contributed by atoms with Crippen LogP contribution in [0.4, 0.5) is 5.69 Å². The Morgan fingerprint density at radius 2 is 1.75 bits per heavy atom. The van der Waals surface area contributed by atoms with Crippen LogP contribution in [0.3, 0.4) is 0 Å². The van der Waals surface area contributed by atoms with Gasteiger partial charge in [-0.1, -0.05) is 35.3 Å². The van der Waals surface area contributed by atoms with Gasteiger partial charge in [0.2, 0.25) is 0 Å². The molecule has 1 N–H and O–H groups in total. The minimum absolute atomic E-state index is 0.154. The average molecular weight is 444 g/mol. The van der Waals surface area contributed by atoms with Gasteiger partial charge < -0.3 is 19.5 Å². The summed E-state index contributed by atoms with van der Waals surface area (Å²) in [5.74, 6) is 0.255. The Bertz CT molecular complexity index is 847. The zero-order valence-corrected chi connectivity index (χ0v) is 17.6. The first-order valence-corrected chi connectivity index (χ1v) is 9.93. The predicted molar refractivity (Wildman–Crippen MR) is 111 cm³/mol. The van der Waals surface area contributed by atoms with E-state index in [0.29, 0.717) is 33.0 Å². The fraction of sp³-hybridized carbons (Fsp3) is 0.263. The van der Waals surface area contributed by atoms with E-state index in [0.717, 1.165) is 4.90 Å². The van der Waals surface area contributed by atoms with Gasteiger partial charge in [-0.2, -0.15) is 0 Å². The van der Waals surface area contributed by atoms with Crippen molar-refractivity contribution in [2.24, 2.45) is 0 Å². The van der Waals surface area contributed by atoms with Crippen molar-refractivity contribution in [3.8, 4) is 11.5 Å². The molecule has 0 heterocycles. The average Bonchev–Trinajstić information content (AvgIpc) is 2.68. The highest BCUT2D eigenvalue weighted by molar-refractivity contribution is 7.99. The second kappa shape index (κ2) is 11.0. The van der Waals surface area contributed by atoms with Crippen molar-refractivity contribution in [1.29, 1.82) is 0 Å². The van der Waals surface area contributed by atoms with Crippen LogP contribution in [0.5, 0.6) is 11.5 Å². The number of thioether (sulfide) groups is 1. The molecule has 0 saturated carbocycles. The van der Waals surface area contributed by atoms with Gasteiger partial charge in [-0.05, 0) is 12.1 Å². The van der Waals surface area contributed by atoms with Crippen molar-refractivity contribution in [3.05, 3.63) is 46.4 Å². The molecule has 2 aromatic carbocycles. The summed E-state index contributed by atoms with van der Waals surface area (Å²) in [6, 6.07) is 10.4. The summed E-state index contributed by atoms with van der Waals surface area (Å²) in [5, 5.41) is 3.58. The van der Waals surface area contributed by atoms with E-state index in [1.54, 1.807) is 6.07 Å². The fourth-order valence-electron chi connectivity index (χ4n) is 2.17. The number of anilines is 1. The number of nitrogens with one attached hydrogen (secondary N) is 1. The maximum Gasteiger partial charge on any atom is 0.307 e. The summed E-state index contributed by atoms with van der Waals surface area (Å²) in [4.78, 5) is 24.8. The fourth-order valence-corrected chi connectivity index (χ4v) is 3.57. The lowest BCUT2D eigenvalue weighted by Gasteiger charge is -2.13. The number of hydrogen-bond acceptors (Lipinski definition) is 6. The maximum atomic E-state index is 12.1. The highest BCUT2D eigenvalue weighted by atomic mass is 35.5. The third-order valence-corrected chi connectivity index (χ3v) is 5.32. The van der Waals surface area contributed by atoms with E-state index in [2.05, 4.69) is 5.32 Å². The topological polar surface area (TPSA) is 73.9 Å². The molecule has 9 heteroatoms. The molecule has 150 valence electrons. The first-order valence-electron chi connectivity index (χ1n) is 8.19. The van der Waals surface area contributed by atoms with E-state index in [9.17, 15) is 9.59 Å². The lowest BCUT2D eigenvalue weighted by atomic mass is 10.2. The number of halogens is 2. The number of esters is 1. The number of ether oxygens (including phenoxy) is 3. The van der Waals surface area contributed by atoms with Crippen molar-refractivity contribution in [1.82, 2.24) is 0 Å². The van der Waals surface area contributed by atoms with Crippen LogP contribution in [-0.2, 0) is 14.3 Å². The summed E-state index contributed by atoms with van der Waals surface area (Å²) in [7, 11) is 2.91. The molecule has 1 amide bonds. The van der Waals surface area contributed by atoms with Crippen LogP contribution in [0.1, 0.15) is 6.42 Å². The molecule has 0 aliphatic heterocycles. The molecule has 0 spiro atoms. The van der Waals surface area contributed by atoms with E-state index in [1.165, 1.54) is 38.1 Å². The largest absolute Gasteiger partial charge is 0.495 e. The number of carbonyl (C=O) groups excluding carboxylic acids is 2. The van der Waals surface area contributed by atoms with Crippen molar-refractivity contribution < 1.29 is 23.8 Å². The zero-order valence-electron chi connectivity index (χ0n) is 15.3. The van der Waals surface area contributed by atoms with Gasteiger partial charge in [0.15, 0.2) is 6.61 Å². The molecular weight excluding hydrogens is 425 g/mol. The first kappa shape index (κ1) is 22.2. The Kier molecular flexibility index (Phi) is 8.76. The molecule has 0 fully saturated rings. The quantitative estimate of drug-likeness (QED) is 0.448. The van der Waals surface area contributed by atoms with Gasteiger partial charge in [-0.25, -0.2) is 0 Å². The Labute approximate surface area is 177 Å². The van der Waals surface area contributed by atoms with Gasteiger partial charge in [0.05, 0.1) is 36.4 Å². The van der Waals surface area contributed by atoms with E-state index in [-0.39, 0.29) is 6.42 Å². The molecule has 0 bridgehead atoms. The molecule has 2 rings (SSSR count). The molecular formula is C19H19Cl2NO5S. The van der Waals surface area contributed by atoms with E-state index < -0.39 is 18.5 Å². The standard InChI is InChI=1S/C19H19Cl2NO5S/c1-25-15-10-14(16(26-2)9-13(15)21)22-18(23)11-27-19(24)7-8-28-17-6-4-3-5-12(17)20/h3-6,9-10H,7-8,11H2,1-2H3,(H,22,23). The summed E-state index contributed by atoms with van der Waals surface area (Å²) < 4.78 is 15.3. The second-order valence-electron chi connectivity index (χ2n) is 5.42. The highest BCUT2D eigenvalue weighted by Gasteiger charge is 2.14. The predicted octanol–water partition coefficient (Wildman–Crippen LogP) is 4.67. The number of rotatable bonds is 9. The summed E-state index contributed by atoms with van der Waals surface area (Å²) in [5.41, 5.74) is 0.360. The number of amides is 1. The van der Waals surface area contributed by atoms with Crippen LogP contribution in [-0.4, -0.2) is 38.5 Å². The van der Waals surface area contributed by atoms with E-state index in [1.807, 2.05) is 18.2 Å². The molecule has 2 aromatic rings. The molecule has 0 unspecified atom stereocenters. The minimum atomic E-state index is -0.505. The lowest BCUT2D eigenvalue weighted by molar-refractivity contribution is -0.146. The van der Waals surface area contributed by atoms with Crippen LogP contribution in [0.2, 0.25) is 10.0 Å². The Hall–Kier alpha value is -2.09. The monoisotopic (exact) mass is 443 g/mol. The third kappa shape index (κ3) is 6.51. The summed E-state index contributed by atoms with van der Waals surface area (Å²) >= 11 is 13.5. The van der Waals surface area contributed by atoms with Crippen LogP contribution < -0.4 is 14.8 Å². The van der Waals surface area contributed by atoms with E-state index in [4.69, 9.17) is 37.4 Å². The molecule has 0 radical (unpaired) electrons. The summed E-state index contributed by atoms with van der Waals surface area (Å²) in [6.45, 7) is -0.413. The van der Waals surface area contributed by atoms with Crippen molar-refractivity contribution in [3.63, 3.8) is 0 Å². The highest BCUT2D eigenvalue weighted by Crippen LogP contribution is 2.35. The smallest absolute Gasteiger partial charge is 0.307 e. The minimum Gasteiger partial charge on any atom is -0.495 e. The van der Waals surface area contributed by atoms with Crippen LogP contribution in [0, 0.1) is 0 Å². The molecule has 28 heavy (non-hydrogen) atoms. The molecule has 6 nitrogen and oxygen atoms in total. The lowest BCUT2D eigenvalue weighted by Crippen LogP contribution is -2.21. The molecule has 0 aliphatic carbocycles. The van der Waals surface area contributed by atoms with Crippen LogP contribution in [0.15, 0.2) is 41.3 Å². The molecule has 0 aromatic heterocycles. The summed E-state index contributed by atoms with van der Waals surface area (Å²) in [6.07, 6.45) is 0.154. The third-order valence-electron chi connectivity index (χ3n) is 3.51. The van der Waals surface area contributed by atoms with Crippen molar-refractivity contribution in [2.45, 2.75) is 11.3 Å². The number of carbonyl (C=O) groups is 2. The number of hydrogen-bond donors (Lipinski definition) is 1. The Morgan fingerprint density at radius 1 is 1.04 bits per heavy atom. The van der Waals surface area contributed by atoms with Gasteiger partial charge in [-0.15, -0.1) is 11.8 Å². The molecule has 0 aliphatic rings. The SMILES string of the molecule is COc1cc(NC(=O)COC(=O)CCSc2ccccc2Cl)c(OC)cc1Cl.